The Balaban J connectivity index is 1.47. The second-order valence-electron chi connectivity index (χ2n) is 7.80. The Morgan fingerprint density at radius 1 is 0.938 bits per heavy atom. The number of ether oxygens (including phenoxy) is 1. The summed E-state index contributed by atoms with van der Waals surface area (Å²) >= 11 is 7.67. The summed E-state index contributed by atoms with van der Waals surface area (Å²) < 4.78 is 6.98. The zero-order chi connectivity index (χ0) is 22.6. The van der Waals surface area contributed by atoms with Crippen LogP contribution in [0.2, 0.25) is 4.34 Å². The summed E-state index contributed by atoms with van der Waals surface area (Å²) in [6, 6.07) is 23.1. The van der Waals surface area contributed by atoms with E-state index in [9.17, 15) is 4.79 Å². The molecule has 1 aromatic heterocycles. The van der Waals surface area contributed by atoms with Gasteiger partial charge in [-0.05, 0) is 61.1 Å². The fourth-order valence-electron chi connectivity index (χ4n) is 3.43. The van der Waals surface area contributed by atoms with Gasteiger partial charge in [0.15, 0.2) is 0 Å². The van der Waals surface area contributed by atoms with Crippen molar-refractivity contribution in [3.63, 3.8) is 0 Å². The lowest BCUT2D eigenvalue weighted by Gasteiger charge is -2.18. The van der Waals surface area contributed by atoms with Crippen LogP contribution in [-0.2, 0) is 29.0 Å². The topological polar surface area (TPSA) is 58.6 Å². The lowest BCUT2D eigenvalue weighted by atomic mass is 10.0. The van der Waals surface area contributed by atoms with Crippen molar-refractivity contribution in [2.75, 3.05) is 13.1 Å². The van der Waals surface area contributed by atoms with Crippen molar-refractivity contribution in [1.29, 1.82) is 0 Å². The van der Waals surface area contributed by atoms with Crippen LogP contribution in [0.4, 0.5) is 0 Å². The van der Waals surface area contributed by atoms with Crippen molar-refractivity contribution in [2.45, 2.75) is 44.8 Å². The third-order valence-electron chi connectivity index (χ3n) is 5.25. The van der Waals surface area contributed by atoms with Crippen molar-refractivity contribution >= 4 is 28.9 Å². The van der Waals surface area contributed by atoms with Gasteiger partial charge in [0.25, 0.3) is 0 Å². The van der Waals surface area contributed by atoms with Gasteiger partial charge < -0.3 is 15.2 Å². The Hall–Kier alpha value is -2.18. The highest BCUT2D eigenvalue weighted by Crippen LogP contribution is 2.29. The second-order valence-corrected chi connectivity index (χ2v) is 9.55. The molecule has 170 valence electrons. The number of benzene rings is 2. The van der Waals surface area contributed by atoms with Gasteiger partial charge in [0.2, 0.25) is 0 Å². The maximum absolute atomic E-state index is 10.6. The van der Waals surface area contributed by atoms with Gasteiger partial charge in [-0.15, -0.1) is 11.3 Å². The minimum atomic E-state index is -0.745. The van der Waals surface area contributed by atoms with Gasteiger partial charge in [-0.3, -0.25) is 4.79 Å². The largest absolute Gasteiger partial charge is 0.481 e. The number of rotatable bonds is 14. The molecule has 0 aliphatic carbocycles. The number of carbonyl (C=O) groups is 1. The zero-order valence-electron chi connectivity index (χ0n) is 18.1. The minimum Gasteiger partial charge on any atom is -0.481 e. The Bertz CT molecular complexity index is 943. The molecule has 0 fully saturated rings. The number of aliphatic carboxylic acids is 1. The van der Waals surface area contributed by atoms with E-state index in [-0.39, 0.29) is 12.5 Å². The smallest absolute Gasteiger partial charge is 0.303 e. The van der Waals surface area contributed by atoms with E-state index in [1.807, 2.05) is 18.2 Å². The van der Waals surface area contributed by atoms with Crippen LogP contribution in [-0.4, -0.2) is 24.2 Å². The van der Waals surface area contributed by atoms with Gasteiger partial charge in [0.1, 0.15) is 6.10 Å². The molecule has 3 rings (SSSR count). The molecule has 6 heteroatoms. The van der Waals surface area contributed by atoms with Gasteiger partial charge in [-0.2, -0.15) is 0 Å². The molecule has 0 radical (unpaired) electrons. The highest BCUT2D eigenvalue weighted by atomic mass is 35.5. The first-order valence-corrected chi connectivity index (χ1v) is 12.2. The van der Waals surface area contributed by atoms with E-state index in [4.69, 9.17) is 21.4 Å². The van der Waals surface area contributed by atoms with Crippen molar-refractivity contribution < 1.29 is 14.6 Å². The summed E-state index contributed by atoms with van der Waals surface area (Å²) in [5.41, 5.74) is 3.82. The fraction of sp³-hybridized carbons (Fsp3) is 0.346. The summed E-state index contributed by atoms with van der Waals surface area (Å²) in [4.78, 5) is 11.7. The Morgan fingerprint density at radius 2 is 1.62 bits per heavy atom. The van der Waals surface area contributed by atoms with Crippen molar-refractivity contribution in [3.8, 4) is 0 Å². The number of aryl methyl sites for hydroxylation is 2. The highest BCUT2D eigenvalue weighted by Gasteiger charge is 2.14. The van der Waals surface area contributed by atoms with E-state index >= 15 is 0 Å². The van der Waals surface area contributed by atoms with Gasteiger partial charge in [-0.25, -0.2) is 0 Å². The van der Waals surface area contributed by atoms with Crippen molar-refractivity contribution in [2.24, 2.45) is 0 Å². The summed E-state index contributed by atoms with van der Waals surface area (Å²) in [5.74, 6) is -0.745. The Morgan fingerprint density at radius 3 is 2.28 bits per heavy atom. The third kappa shape index (κ3) is 8.75. The molecule has 0 bridgehead atoms. The number of thiophene rings is 1. The quantitative estimate of drug-likeness (QED) is 0.271. The SMILES string of the molecule is O=C(O)CCCCNCC(OCc1ccc(CCc2ccccc2)cc1)c1ccc(Cl)s1. The number of hydrogen-bond donors (Lipinski definition) is 2. The predicted molar refractivity (Wildman–Crippen MR) is 132 cm³/mol. The number of hydrogen-bond acceptors (Lipinski definition) is 4. The zero-order valence-corrected chi connectivity index (χ0v) is 19.7. The maximum atomic E-state index is 10.6. The number of carboxylic acids is 1. The van der Waals surface area contributed by atoms with Gasteiger partial charge in [0.05, 0.1) is 10.9 Å². The molecular formula is C26H30ClNO3S. The van der Waals surface area contributed by atoms with Crippen LogP contribution in [0.5, 0.6) is 0 Å². The third-order valence-corrected chi connectivity index (χ3v) is 6.58. The molecule has 2 aromatic carbocycles. The predicted octanol–water partition coefficient (Wildman–Crippen LogP) is 6.29. The van der Waals surface area contributed by atoms with Crippen molar-refractivity contribution in [1.82, 2.24) is 5.32 Å². The van der Waals surface area contributed by atoms with E-state index in [0.717, 1.165) is 40.6 Å². The molecule has 1 unspecified atom stereocenters. The lowest BCUT2D eigenvalue weighted by molar-refractivity contribution is -0.137. The number of nitrogens with one attached hydrogen (secondary N) is 1. The van der Waals surface area contributed by atoms with Crippen LogP contribution in [0.15, 0.2) is 66.7 Å². The number of unbranched alkanes of at least 4 members (excludes halogenated alkanes) is 1. The molecular weight excluding hydrogens is 442 g/mol. The van der Waals surface area contributed by atoms with E-state index in [0.29, 0.717) is 19.6 Å². The van der Waals surface area contributed by atoms with E-state index < -0.39 is 5.97 Å². The number of carboxylic acid groups (broad SMARTS) is 1. The molecule has 0 aliphatic heterocycles. The fourth-order valence-corrected chi connectivity index (χ4v) is 4.55. The molecule has 2 N–H and O–H groups in total. The summed E-state index contributed by atoms with van der Waals surface area (Å²) in [5, 5.41) is 12.1. The lowest BCUT2D eigenvalue weighted by Crippen LogP contribution is -2.24. The Labute approximate surface area is 199 Å². The average molecular weight is 472 g/mol. The normalized spacial score (nSPS) is 12.0. The molecule has 1 atom stereocenters. The maximum Gasteiger partial charge on any atom is 0.303 e. The van der Waals surface area contributed by atoms with E-state index in [1.165, 1.54) is 22.5 Å². The summed E-state index contributed by atoms with van der Waals surface area (Å²) in [6.45, 7) is 1.96. The average Bonchev–Trinajstić information content (AvgIpc) is 3.24. The van der Waals surface area contributed by atoms with Gasteiger partial charge in [0, 0.05) is 17.8 Å². The van der Waals surface area contributed by atoms with Crippen LogP contribution in [0.25, 0.3) is 0 Å². The molecule has 3 aromatic rings. The van der Waals surface area contributed by atoms with E-state index in [2.05, 4.69) is 53.8 Å². The molecule has 0 spiro atoms. The first kappa shape index (κ1) is 24.5. The van der Waals surface area contributed by atoms with Crippen molar-refractivity contribution in [3.05, 3.63) is 92.6 Å². The van der Waals surface area contributed by atoms with Crippen LogP contribution in [0, 0.1) is 0 Å². The highest BCUT2D eigenvalue weighted by molar-refractivity contribution is 7.16. The van der Waals surface area contributed by atoms with Crippen LogP contribution >= 0.6 is 22.9 Å². The first-order valence-electron chi connectivity index (χ1n) is 11.0. The van der Waals surface area contributed by atoms with E-state index in [1.54, 1.807) is 0 Å². The molecule has 0 saturated heterocycles. The Kier molecular flexibility index (Phi) is 10.2. The van der Waals surface area contributed by atoms with Crippen LogP contribution in [0.3, 0.4) is 0 Å². The first-order chi connectivity index (χ1) is 15.6. The molecule has 1 heterocycles. The van der Waals surface area contributed by atoms with Gasteiger partial charge in [-0.1, -0.05) is 66.2 Å². The van der Waals surface area contributed by atoms with Gasteiger partial charge >= 0.3 is 5.97 Å². The van der Waals surface area contributed by atoms with Crippen LogP contribution in [0.1, 0.15) is 46.9 Å². The molecule has 32 heavy (non-hydrogen) atoms. The second kappa shape index (κ2) is 13.4. The standard InChI is InChI=1S/C26H30ClNO3S/c27-25-16-15-24(32-25)23(18-28-17-5-4-8-26(29)30)31-19-22-13-11-21(12-14-22)10-9-20-6-2-1-3-7-20/h1-3,6-7,11-16,23,28H,4-5,8-10,17-19H2,(H,29,30). The monoisotopic (exact) mass is 471 g/mol. The van der Waals surface area contributed by atoms with Crippen LogP contribution < -0.4 is 5.32 Å². The molecule has 4 nitrogen and oxygen atoms in total. The minimum absolute atomic E-state index is 0.0928. The molecule has 0 saturated carbocycles. The molecule has 0 aliphatic rings. The summed E-state index contributed by atoms with van der Waals surface area (Å²) in [7, 11) is 0. The number of halogens is 1. The molecule has 0 amide bonds. The summed E-state index contributed by atoms with van der Waals surface area (Å²) in [6.07, 6.45) is 3.68.